The van der Waals surface area contributed by atoms with Crippen LogP contribution in [-0.4, -0.2) is 28.6 Å². The Kier molecular flexibility index (Phi) is 4.09. The van der Waals surface area contributed by atoms with E-state index in [4.69, 9.17) is 10.5 Å². The lowest BCUT2D eigenvalue weighted by Crippen LogP contribution is -2.24. The first-order valence-corrected chi connectivity index (χ1v) is 7.68. The average molecular weight is 300 g/mol. The number of nitrogens with two attached hydrogens (primary N) is 1. The first kappa shape index (κ1) is 14.6. The zero-order valence-electron chi connectivity index (χ0n) is 12.6. The minimum Gasteiger partial charge on any atom is -0.460 e. The van der Waals surface area contributed by atoms with Gasteiger partial charge >= 0.3 is 5.97 Å². The van der Waals surface area contributed by atoms with Crippen LogP contribution < -0.4 is 11.1 Å². The number of anilines is 2. The third kappa shape index (κ3) is 2.68. The Labute approximate surface area is 129 Å². The molecule has 0 saturated carbocycles. The van der Waals surface area contributed by atoms with Crippen molar-refractivity contribution in [1.29, 1.82) is 0 Å². The standard InChI is InChI=1S/C16H20N4O2/c1-2-3-4-6-10-9-22-16(21)12-14(19-10)13-11(20-15(12)17)7-5-8-18-13/h5,7-8,10,19H,2-4,6,9H2,1H3,(H2,17,20). The Morgan fingerprint density at radius 2 is 2.32 bits per heavy atom. The van der Waals surface area contributed by atoms with Gasteiger partial charge in [0, 0.05) is 6.20 Å². The Morgan fingerprint density at radius 3 is 3.14 bits per heavy atom. The first-order chi connectivity index (χ1) is 10.7. The summed E-state index contributed by atoms with van der Waals surface area (Å²) < 4.78 is 5.35. The van der Waals surface area contributed by atoms with Gasteiger partial charge in [-0.2, -0.15) is 0 Å². The van der Waals surface area contributed by atoms with Crippen molar-refractivity contribution in [2.24, 2.45) is 0 Å². The maximum absolute atomic E-state index is 12.2. The summed E-state index contributed by atoms with van der Waals surface area (Å²) in [6.07, 6.45) is 6.04. The van der Waals surface area contributed by atoms with Crippen LogP contribution in [0.1, 0.15) is 43.0 Å². The van der Waals surface area contributed by atoms with Gasteiger partial charge in [-0.25, -0.2) is 9.78 Å². The normalized spacial score (nSPS) is 17.5. The average Bonchev–Trinajstić information content (AvgIpc) is 2.68. The minimum atomic E-state index is -0.432. The lowest BCUT2D eigenvalue weighted by Gasteiger charge is -2.17. The SMILES string of the molecule is CCCCCC1COC(=O)c2c(N)nc3cccnc3c2N1. The molecule has 6 nitrogen and oxygen atoms in total. The number of pyridine rings is 2. The lowest BCUT2D eigenvalue weighted by atomic mass is 10.1. The largest absolute Gasteiger partial charge is 0.460 e. The van der Waals surface area contributed by atoms with Gasteiger partial charge in [-0.15, -0.1) is 0 Å². The molecule has 0 aliphatic carbocycles. The van der Waals surface area contributed by atoms with Gasteiger partial charge in [0.1, 0.15) is 23.5 Å². The van der Waals surface area contributed by atoms with E-state index in [1.807, 2.05) is 6.07 Å². The van der Waals surface area contributed by atoms with Crippen LogP contribution in [0.3, 0.4) is 0 Å². The number of nitrogens with zero attached hydrogens (tertiary/aromatic N) is 2. The number of cyclic esters (lactones) is 1. The maximum Gasteiger partial charge on any atom is 0.344 e. The molecule has 0 saturated heterocycles. The second-order valence-electron chi connectivity index (χ2n) is 5.55. The van der Waals surface area contributed by atoms with Gasteiger partial charge in [0.05, 0.1) is 17.2 Å². The molecule has 1 unspecified atom stereocenters. The summed E-state index contributed by atoms with van der Waals surface area (Å²) in [7, 11) is 0. The van der Waals surface area contributed by atoms with Crippen LogP contribution in [0.2, 0.25) is 0 Å². The molecule has 0 amide bonds. The Hall–Kier alpha value is -2.37. The minimum absolute atomic E-state index is 0.0729. The number of ether oxygens (including phenoxy) is 1. The molecule has 3 N–H and O–H groups in total. The number of hydrogen-bond acceptors (Lipinski definition) is 6. The molecule has 2 aromatic heterocycles. The monoisotopic (exact) mass is 300 g/mol. The number of nitrogens with one attached hydrogen (secondary N) is 1. The molecule has 0 radical (unpaired) electrons. The van der Waals surface area contributed by atoms with E-state index in [0.29, 0.717) is 28.9 Å². The first-order valence-electron chi connectivity index (χ1n) is 7.68. The Bertz CT molecular complexity index is 702. The third-order valence-corrected chi connectivity index (χ3v) is 3.89. The predicted molar refractivity (Wildman–Crippen MR) is 85.8 cm³/mol. The molecule has 116 valence electrons. The van der Waals surface area contributed by atoms with Crippen molar-refractivity contribution >= 4 is 28.5 Å². The number of unbranched alkanes of at least 4 members (excludes halogenated alkanes) is 2. The summed E-state index contributed by atoms with van der Waals surface area (Å²) in [6.45, 7) is 2.50. The van der Waals surface area contributed by atoms with Gasteiger partial charge in [-0.05, 0) is 18.6 Å². The van der Waals surface area contributed by atoms with E-state index in [1.54, 1.807) is 12.3 Å². The molecule has 1 aliphatic heterocycles. The van der Waals surface area contributed by atoms with Crippen molar-refractivity contribution < 1.29 is 9.53 Å². The molecule has 6 heteroatoms. The van der Waals surface area contributed by atoms with E-state index < -0.39 is 5.97 Å². The topological polar surface area (TPSA) is 90.1 Å². The van der Waals surface area contributed by atoms with E-state index in [2.05, 4.69) is 22.2 Å². The smallest absolute Gasteiger partial charge is 0.344 e. The van der Waals surface area contributed by atoms with Gasteiger partial charge in [0.2, 0.25) is 0 Å². The van der Waals surface area contributed by atoms with Gasteiger partial charge in [-0.3, -0.25) is 4.98 Å². The number of esters is 1. The van der Waals surface area contributed by atoms with Crippen molar-refractivity contribution in [2.75, 3.05) is 17.7 Å². The number of nitrogen functional groups attached to an aromatic ring is 1. The van der Waals surface area contributed by atoms with E-state index in [-0.39, 0.29) is 11.9 Å². The number of carbonyl (C=O) groups excluding carboxylic acids is 1. The highest BCUT2D eigenvalue weighted by molar-refractivity contribution is 6.08. The van der Waals surface area contributed by atoms with Gasteiger partial charge in [0.25, 0.3) is 0 Å². The second-order valence-corrected chi connectivity index (χ2v) is 5.55. The number of aromatic nitrogens is 2. The zero-order valence-corrected chi connectivity index (χ0v) is 12.6. The fourth-order valence-corrected chi connectivity index (χ4v) is 2.75. The molecule has 1 aliphatic rings. The molecular weight excluding hydrogens is 280 g/mol. The van der Waals surface area contributed by atoms with Crippen LogP contribution in [0.5, 0.6) is 0 Å². The van der Waals surface area contributed by atoms with Crippen molar-refractivity contribution in [2.45, 2.75) is 38.6 Å². The quantitative estimate of drug-likeness (QED) is 0.666. The molecular formula is C16H20N4O2. The highest BCUT2D eigenvalue weighted by Crippen LogP contribution is 2.32. The summed E-state index contributed by atoms with van der Waals surface area (Å²) in [5.41, 5.74) is 8.23. The van der Waals surface area contributed by atoms with Gasteiger partial charge in [-0.1, -0.05) is 26.2 Å². The molecule has 3 heterocycles. The molecule has 0 spiro atoms. The molecule has 22 heavy (non-hydrogen) atoms. The van der Waals surface area contributed by atoms with E-state index >= 15 is 0 Å². The van der Waals surface area contributed by atoms with Crippen LogP contribution in [0, 0.1) is 0 Å². The highest BCUT2D eigenvalue weighted by atomic mass is 16.5. The van der Waals surface area contributed by atoms with Crippen molar-refractivity contribution in [1.82, 2.24) is 9.97 Å². The fraction of sp³-hybridized carbons (Fsp3) is 0.438. The summed E-state index contributed by atoms with van der Waals surface area (Å²) in [5.74, 6) is -0.250. The fourth-order valence-electron chi connectivity index (χ4n) is 2.75. The molecule has 0 bridgehead atoms. The Morgan fingerprint density at radius 1 is 1.45 bits per heavy atom. The van der Waals surface area contributed by atoms with Crippen LogP contribution in [0.25, 0.3) is 11.0 Å². The molecule has 1 atom stereocenters. The van der Waals surface area contributed by atoms with Crippen LogP contribution in [0.15, 0.2) is 18.3 Å². The highest BCUT2D eigenvalue weighted by Gasteiger charge is 2.27. The van der Waals surface area contributed by atoms with Crippen LogP contribution >= 0.6 is 0 Å². The maximum atomic E-state index is 12.2. The summed E-state index contributed by atoms with van der Waals surface area (Å²) in [6, 6.07) is 3.71. The van der Waals surface area contributed by atoms with Gasteiger partial charge in [0.15, 0.2) is 0 Å². The van der Waals surface area contributed by atoms with Crippen molar-refractivity contribution in [3.63, 3.8) is 0 Å². The summed E-state index contributed by atoms with van der Waals surface area (Å²) >= 11 is 0. The summed E-state index contributed by atoms with van der Waals surface area (Å²) in [5, 5.41) is 3.40. The number of carbonyl (C=O) groups is 1. The van der Waals surface area contributed by atoms with Crippen molar-refractivity contribution in [3.05, 3.63) is 23.9 Å². The number of hydrogen-bond donors (Lipinski definition) is 2. The zero-order chi connectivity index (χ0) is 15.5. The molecule has 3 rings (SSSR count). The number of fused-ring (bicyclic) bond motifs is 3. The lowest BCUT2D eigenvalue weighted by molar-refractivity contribution is 0.0497. The Balaban J connectivity index is 2.02. The van der Waals surface area contributed by atoms with E-state index in [1.165, 1.54) is 0 Å². The third-order valence-electron chi connectivity index (χ3n) is 3.89. The van der Waals surface area contributed by atoms with Gasteiger partial charge < -0.3 is 15.8 Å². The van der Waals surface area contributed by atoms with Crippen molar-refractivity contribution in [3.8, 4) is 0 Å². The molecule has 0 aromatic carbocycles. The summed E-state index contributed by atoms with van der Waals surface area (Å²) in [4.78, 5) is 20.8. The van der Waals surface area contributed by atoms with Crippen LogP contribution in [0.4, 0.5) is 11.5 Å². The predicted octanol–water partition coefficient (Wildman–Crippen LogP) is 2.74. The van der Waals surface area contributed by atoms with Crippen LogP contribution in [-0.2, 0) is 4.74 Å². The van der Waals surface area contributed by atoms with E-state index in [9.17, 15) is 4.79 Å². The molecule has 2 aromatic rings. The van der Waals surface area contributed by atoms with E-state index in [0.717, 1.165) is 25.7 Å². The molecule has 0 fully saturated rings. The number of rotatable bonds is 4. The second kappa shape index (κ2) is 6.17.